The summed E-state index contributed by atoms with van der Waals surface area (Å²) < 4.78 is 25.6. The summed E-state index contributed by atoms with van der Waals surface area (Å²) in [6.07, 6.45) is 1.27. The van der Waals surface area contributed by atoms with Crippen LogP contribution in [0, 0.1) is 0 Å². The minimum atomic E-state index is -3.50. The molecule has 8 heteroatoms. The molecule has 7 nitrogen and oxygen atoms in total. The van der Waals surface area contributed by atoms with Crippen LogP contribution in [0.1, 0.15) is 31.2 Å². The lowest BCUT2D eigenvalue weighted by Crippen LogP contribution is -2.23. The number of amides is 1. The van der Waals surface area contributed by atoms with Crippen LogP contribution in [0.15, 0.2) is 29.2 Å². The Kier molecular flexibility index (Phi) is 7.00. The highest BCUT2D eigenvalue weighted by Crippen LogP contribution is 2.11. The lowest BCUT2D eigenvalue weighted by atomic mass is 10.2. The number of carbonyl (C=O) groups excluding carboxylic acids is 1. The summed E-state index contributed by atoms with van der Waals surface area (Å²) in [4.78, 5) is 22.1. The van der Waals surface area contributed by atoms with E-state index < -0.39 is 16.0 Å². The van der Waals surface area contributed by atoms with Crippen molar-refractivity contribution >= 4 is 21.9 Å². The van der Waals surface area contributed by atoms with E-state index >= 15 is 0 Å². The molecule has 3 N–H and O–H groups in total. The van der Waals surface area contributed by atoms with Gasteiger partial charge in [-0.1, -0.05) is 12.1 Å². The molecule has 0 saturated heterocycles. The Morgan fingerprint density at radius 1 is 1.18 bits per heavy atom. The van der Waals surface area contributed by atoms with Gasteiger partial charge >= 0.3 is 5.97 Å². The van der Waals surface area contributed by atoms with Crippen LogP contribution in [-0.2, 0) is 26.2 Å². The van der Waals surface area contributed by atoms with Crippen molar-refractivity contribution < 1.29 is 23.1 Å². The van der Waals surface area contributed by atoms with Gasteiger partial charge in [-0.25, -0.2) is 13.1 Å². The van der Waals surface area contributed by atoms with E-state index in [0.717, 1.165) is 0 Å². The maximum absolute atomic E-state index is 11.7. The van der Waals surface area contributed by atoms with Crippen LogP contribution in [-0.4, -0.2) is 32.4 Å². The third kappa shape index (κ3) is 6.23. The van der Waals surface area contributed by atoms with Crippen molar-refractivity contribution in [2.24, 2.45) is 0 Å². The first-order valence-electron chi connectivity index (χ1n) is 6.86. The van der Waals surface area contributed by atoms with E-state index in [2.05, 4.69) is 10.0 Å². The number of carboxylic acid groups (broad SMARTS) is 1. The van der Waals surface area contributed by atoms with Gasteiger partial charge in [0.1, 0.15) is 0 Å². The molecular weight excluding hydrogens is 308 g/mol. The predicted octanol–water partition coefficient (Wildman–Crippen LogP) is 0.856. The molecule has 0 saturated carbocycles. The largest absolute Gasteiger partial charge is 0.481 e. The highest BCUT2D eigenvalue weighted by Gasteiger charge is 2.11. The van der Waals surface area contributed by atoms with Crippen LogP contribution >= 0.6 is 0 Å². The molecule has 1 amide bonds. The molecule has 0 unspecified atom stereocenters. The van der Waals surface area contributed by atoms with Crippen molar-refractivity contribution in [2.75, 3.05) is 7.05 Å². The van der Waals surface area contributed by atoms with E-state index in [1.165, 1.54) is 19.2 Å². The van der Waals surface area contributed by atoms with Gasteiger partial charge < -0.3 is 10.4 Å². The number of rotatable bonds is 9. The number of carboxylic acids is 1. The smallest absolute Gasteiger partial charge is 0.303 e. The molecule has 0 spiro atoms. The van der Waals surface area contributed by atoms with Gasteiger partial charge in [-0.05, 0) is 37.6 Å². The van der Waals surface area contributed by atoms with E-state index in [4.69, 9.17) is 5.11 Å². The number of unbranched alkanes of at least 4 members (excludes halogenated alkanes) is 1. The Bertz CT molecular complexity index is 628. The second kappa shape index (κ2) is 8.50. The molecule has 0 aromatic heterocycles. The lowest BCUT2D eigenvalue weighted by molar-refractivity contribution is -0.137. The SMILES string of the molecule is CNS(=O)(=O)c1cccc(CNC(=O)CCCCC(=O)O)c1. The number of carbonyl (C=O) groups is 2. The van der Waals surface area contributed by atoms with Gasteiger partial charge in [-0.3, -0.25) is 9.59 Å². The Morgan fingerprint density at radius 3 is 2.50 bits per heavy atom. The van der Waals surface area contributed by atoms with Crippen LogP contribution < -0.4 is 10.0 Å². The number of hydrogen-bond donors (Lipinski definition) is 3. The fraction of sp³-hybridized carbons (Fsp3) is 0.429. The molecule has 0 atom stereocenters. The second-order valence-electron chi connectivity index (χ2n) is 4.73. The number of aliphatic carboxylic acids is 1. The minimum absolute atomic E-state index is 0.0528. The third-order valence-corrected chi connectivity index (χ3v) is 4.42. The van der Waals surface area contributed by atoms with E-state index in [1.54, 1.807) is 12.1 Å². The Morgan fingerprint density at radius 2 is 1.86 bits per heavy atom. The molecular formula is C14H20N2O5S. The number of benzene rings is 1. The van der Waals surface area contributed by atoms with Crippen molar-refractivity contribution in [3.8, 4) is 0 Å². The van der Waals surface area contributed by atoms with E-state index in [-0.39, 0.29) is 30.2 Å². The van der Waals surface area contributed by atoms with Gasteiger partial charge in [-0.2, -0.15) is 0 Å². The molecule has 0 radical (unpaired) electrons. The summed E-state index contributed by atoms with van der Waals surface area (Å²) in [6.45, 7) is 0.227. The summed E-state index contributed by atoms with van der Waals surface area (Å²) in [5, 5.41) is 11.2. The van der Waals surface area contributed by atoms with E-state index in [0.29, 0.717) is 18.4 Å². The van der Waals surface area contributed by atoms with Crippen LogP contribution in [0.25, 0.3) is 0 Å². The predicted molar refractivity (Wildman–Crippen MR) is 80.6 cm³/mol. The molecule has 22 heavy (non-hydrogen) atoms. The van der Waals surface area contributed by atoms with Crippen LogP contribution in [0.5, 0.6) is 0 Å². The standard InChI is InChI=1S/C14H20N2O5S/c1-15-22(20,21)12-6-4-5-11(9-12)10-16-13(17)7-2-3-8-14(18)19/h4-6,9,15H,2-3,7-8,10H2,1H3,(H,16,17)(H,18,19). The molecule has 0 fully saturated rings. The zero-order chi connectivity index (χ0) is 16.6. The average molecular weight is 328 g/mol. The second-order valence-corrected chi connectivity index (χ2v) is 6.62. The van der Waals surface area contributed by atoms with Crippen molar-refractivity contribution in [2.45, 2.75) is 37.1 Å². The number of sulfonamides is 1. The Labute approximate surface area is 129 Å². The maximum Gasteiger partial charge on any atom is 0.303 e. The summed E-state index contributed by atoms with van der Waals surface area (Å²) in [5.41, 5.74) is 0.676. The molecule has 0 aliphatic rings. The first-order valence-corrected chi connectivity index (χ1v) is 8.34. The van der Waals surface area contributed by atoms with Gasteiger partial charge in [0.05, 0.1) is 4.90 Å². The van der Waals surface area contributed by atoms with Crippen molar-refractivity contribution in [1.29, 1.82) is 0 Å². The first-order chi connectivity index (χ1) is 10.3. The van der Waals surface area contributed by atoms with Crippen LogP contribution in [0.3, 0.4) is 0 Å². The summed E-state index contributed by atoms with van der Waals surface area (Å²) >= 11 is 0. The van der Waals surface area contributed by atoms with E-state index in [9.17, 15) is 18.0 Å². The molecule has 0 aliphatic heterocycles. The third-order valence-electron chi connectivity index (χ3n) is 3.01. The molecule has 0 aliphatic carbocycles. The molecule has 122 valence electrons. The monoisotopic (exact) mass is 328 g/mol. The topological polar surface area (TPSA) is 113 Å². The molecule has 1 rings (SSSR count). The van der Waals surface area contributed by atoms with Gasteiger partial charge in [0, 0.05) is 19.4 Å². The maximum atomic E-state index is 11.7. The van der Waals surface area contributed by atoms with Crippen LogP contribution in [0.2, 0.25) is 0 Å². The summed E-state index contributed by atoms with van der Waals surface area (Å²) in [5.74, 6) is -1.06. The normalized spacial score (nSPS) is 11.1. The Hall–Kier alpha value is -1.93. The fourth-order valence-corrected chi connectivity index (χ4v) is 2.59. The van der Waals surface area contributed by atoms with Crippen molar-refractivity contribution in [3.63, 3.8) is 0 Å². The number of hydrogen-bond acceptors (Lipinski definition) is 4. The number of nitrogens with one attached hydrogen (secondary N) is 2. The van der Waals surface area contributed by atoms with Gasteiger partial charge in [0.15, 0.2) is 0 Å². The van der Waals surface area contributed by atoms with Gasteiger partial charge in [0.25, 0.3) is 0 Å². The zero-order valence-corrected chi connectivity index (χ0v) is 13.1. The molecule has 0 heterocycles. The van der Waals surface area contributed by atoms with E-state index in [1.807, 2.05) is 0 Å². The minimum Gasteiger partial charge on any atom is -0.481 e. The Balaban J connectivity index is 2.46. The van der Waals surface area contributed by atoms with Gasteiger partial charge in [-0.15, -0.1) is 0 Å². The lowest BCUT2D eigenvalue weighted by Gasteiger charge is -2.07. The van der Waals surface area contributed by atoms with Crippen molar-refractivity contribution in [3.05, 3.63) is 29.8 Å². The summed E-state index contributed by atoms with van der Waals surface area (Å²) in [7, 11) is -2.17. The highest BCUT2D eigenvalue weighted by molar-refractivity contribution is 7.89. The average Bonchev–Trinajstić information content (AvgIpc) is 2.49. The molecule has 1 aromatic rings. The molecule has 1 aromatic carbocycles. The summed E-state index contributed by atoms with van der Waals surface area (Å²) in [6, 6.07) is 6.30. The molecule has 0 bridgehead atoms. The van der Waals surface area contributed by atoms with Crippen molar-refractivity contribution in [1.82, 2.24) is 10.0 Å². The fourth-order valence-electron chi connectivity index (χ4n) is 1.79. The zero-order valence-electron chi connectivity index (χ0n) is 12.3. The first kappa shape index (κ1) is 18.1. The van der Waals surface area contributed by atoms with Crippen LogP contribution in [0.4, 0.5) is 0 Å². The quantitative estimate of drug-likeness (QED) is 0.582. The van der Waals surface area contributed by atoms with Gasteiger partial charge in [0.2, 0.25) is 15.9 Å². The highest BCUT2D eigenvalue weighted by atomic mass is 32.2.